The van der Waals surface area contributed by atoms with E-state index in [1.807, 2.05) is 19.9 Å². The number of hydrogen-bond acceptors (Lipinski definition) is 4. The molecule has 2 rings (SSSR count). The van der Waals surface area contributed by atoms with Crippen LogP contribution in [0.15, 0.2) is 35.4 Å². The molecular weight excluding hydrogens is 310 g/mol. The summed E-state index contributed by atoms with van der Waals surface area (Å²) in [7, 11) is -2.05. The molecule has 5 nitrogen and oxygen atoms in total. The minimum absolute atomic E-state index is 0.0183. The average molecular weight is 326 g/mol. The van der Waals surface area contributed by atoms with Crippen molar-refractivity contribution >= 4 is 33.1 Å². The van der Waals surface area contributed by atoms with E-state index in [1.54, 1.807) is 19.2 Å². The Morgan fingerprint density at radius 3 is 2.43 bits per heavy atom. The van der Waals surface area contributed by atoms with Crippen LogP contribution in [0.5, 0.6) is 0 Å². The molecule has 1 aromatic heterocycles. The number of halogens is 1. The zero-order valence-corrected chi connectivity index (χ0v) is 13.5. The van der Waals surface area contributed by atoms with E-state index in [9.17, 15) is 8.42 Å². The monoisotopic (exact) mass is 325 g/mol. The van der Waals surface area contributed by atoms with Gasteiger partial charge in [-0.25, -0.2) is 13.4 Å². The summed E-state index contributed by atoms with van der Waals surface area (Å²) in [5.74, 6) is 0.432. The van der Waals surface area contributed by atoms with Crippen LogP contribution in [0, 0.1) is 13.8 Å². The summed E-state index contributed by atoms with van der Waals surface area (Å²) in [6.45, 7) is 3.89. The fourth-order valence-corrected chi connectivity index (χ4v) is 3.12. The molecule has 0 aliphatic heterocycles. The predicted octanol–water partition coefficient (Wildman–Crippen LogP) is 3.19. The van der Waals surface area contributed by atoms with Gasteiger partial charge in [0.25, 0.3) is 10.0 Å². The van der Waals surface area contributed by atoms with Gasteiger partial charge in [-0.3, -0.25) is 4.72 Å². The fraction of sp³-hybridized carbons (Fsp3) is 0.214. The van der Waals surface area contributed by atoms with E-state index in [0.29, 0.717) is 11.5 Å². The van der Waals surface area contributed by atoms with Crippen molar-refractivity contribution in [2.45, 2.75) is 18.7 Å². The number of sulfonamides is 1. The quantitative estimate of drug-likeness (QED) is 0.905. The van der Waals surface area contributed by atoms with E-state index in [1.165, 1.54) is 12.3 Å². The number of aromatic nitrogens is 1. The van der Waals surface area contributed by atoms with Crippen LogP contribution in [-0.2, 0) is 10.0 Å². The summed E-state index contributed by atoms with van der Waals surface area (Å²) < 4.78 is 27.2. The fourth-order valence-electron chi connectivity index (χ4n) is 1.77. The van der Waals surface area contributed by atoms with Crippen molar-refractivity contribution in [3.05, 3.63) is 46.6 Å². The number of anilines is 2. The van der Waals surface area contributed by atoms with E-state index in [2.05, 4.69) is 15.0 Å². The number of pyridine rings is 1. The molecule has 0 saturated heterocycles. The van der Waals surface area contributed by atoms with Crippen molar-refractivity contribution in [2.75, 3.05) is 17.1 Å². The van der Waals surface area contributed by atoms with E-state index >= 15 is 0 Å². The lowest BCUT2D eigenvalue weighted by atomic mass is 10.1. The maximum Gasteiger partial charge on any atom is 0.263 e. The predicted molar refractivity (Wildman–Crippen MR) is 85.5 cm³/mol. The van der Waals surface area contributed by atoms with Crippen molar-refractivity contribution < 1.29 is 8.42 Å². The largest absolute Gasteiger partial charge is 0.372 e. The molecule has 0 atom stereocenters. The third kappa shape index (κ3) is 3.46. The summed E-state index contributed by atoms with van der Waals surface area (Å²) in [6, 6.07) is 6.73. The van der Waals surface area contributed by atoms with Gasteiger partial charge in [-0.1, -0.05) is 17.7 Å². The minimum Gasteiger partial charge on any atom is -0.372 e. The van der Waals surface area contributed by atoms with E-state index in [0.717, 1.165) is 11.1 Å². The summed E-state index contributed by atoms with van der Waals surface area (Å²) >= 11 is 5.97. The Labute approximate surface area is 129 Å². The zero-order chi connectivity index (χ0) is 15.6. The van der Waals surface area contributed by atoms with E-state index < -0.39 is 10.0 Å². The molecule has 2 N–H and O–H groups in total. The van der Waals surface area contributed by atoms with Gasteiger partial charge in [-0.2, -0.15) is 0 Å². The maximum absolute atomic E-state index is 12.3. The first kappa shape index (κ1) is 15.6. The Bertz CT molecular complexity index is 776. The van der Waals surface area contributed by atoms with Gasteiger partial charge in [0.15, 0.2) is 0 Å². The standard InChI is InChI=1S/C14H16ClN3O2S/c1-9-4-5-11(6-10(9)2)18-21(19,20)12-7-13(15)14(16-3)17-8-12/h4-8,18H,1-3H3,(H,16,17). The van der Waals surface area contributed by atoms with E-state index in [-0.39, 0.29) is 9.92 Å². The number of rotatable bonds is 4. The van der Waals surface area contributed by atoms with Crippen LogP contribution < -0.4 is 10.0 Å². The molecule has 0 unspecified atom stereocenters. The van der Waals surface area contributed by atoms with Gasteiger partial charge in [-0.05, 0) is 43.2 Å². The molecule has 0 bridgehead atoms. The second-order valence-electron chi connectivity index (χ2n) is 4.66. The zero-order valence-electron chi connectivity index (χ0n) is 11.9. The Hall–Kier alpha value is -1.79. The molecular formula is C14H16ClN3O2S. The lowest BCUT2D eigenvalue weighted by Crippen LogP contribution is -2.13. The highest BCUT2D eigenvalue weighted by atomic mass is 35.5. The van der Waals surface area contributed by atoms with Crippen LogP contribution >= 0.6 is 11.6 Å². The number of nitrogens with one attached hydrogen (secondary N) is 2. The van der Waals surface area contributed by atoms with Crippen LogP contribution in [0.4, 0.5) is 11.5 Å². The molecule has 0 spiro atoms. The second-order valence-corrected chi connectivity index (χ2v) is 6.75. The summed E-state index contributed by atoms with van der Waals surface area (Å²) in [4.78, 5) is 3.99. The molecule has 0 radical (unpaired) electrons. The molecule has 0 aliphatic rings. The molecule has 1 aromatic carbocycles. The van der Waals surface area contributed by atoms with Gasteiger partial charge in [0.05, 0.1) is 5.02 Å². The van der Waals surface area contributed by atoms with Crippen molar-refractivity contribution in [3.8, 4) is 0 Å². The molecule has 1 heterocycles. The Kier molecular flexibility index (Phi) is 4.39. The molecule has 0 aliphatic carbocycles. The van der Waals surface area contributed by atoms with Gasteiger partial charge in [-0.15, -0.1) is 0 Å². The smallest absolute Gasteiger partial charge is 0.263 e. The first-order valence-corrected chi connectivity index (χ1v) is 8.13. The lowest BCUT2D eigenvalue weighted by molar-refractivity contribution is 0.601. The third-order valence-corrected chi connectivity index (χ3v) is 4.76. The number of nitrogens with zero attached hydrogens (tertiary/aromatic N) is 1. The summed E-state index contributed by atoms with van der Waals surface area (Å²) in [5.41, 5.74) is 2.62. The Morgan fingerprint density at radius 1 is 1.14 bits per heavy atom. The molecule has 21 heavy (non-hydrogen) atoms. The van der Waals surface area contributed by atoms with Gasteiger partial charge < -0.3 is 5.32 Å². The van der Waals surface area contributed by atoms with Crippen molar-refractivity contribution in [1.29, 1.82) is 0 Å². The van der Waals surface area contributed by atoms with Crippen molar-refractivity contribution in [2.24, 2.45) is 0 Å². The highest BCUT2D eigenvalue weighted by Gasteiger charge is 2.16. The molecule has 0 saturated carbocycles. The highest BCUT2D eigenvalue weighted by molar-refractivity contribution is 7.92. The maximum atomic E-state index is 12.3. The molecule has 2 aromatic rings. The first-order valence-electron chi connectivity index (χ1n) is 6.27. The topological polar surface area (TPSA) is 71.1 Å². The average Bonchev–Trinajstić information content (AvgIpc) is 2.42. The Balaban J connectivity index is 2.33. The van der Waals surface area contributed by atoms with Crippen LogP contribution in [-0.4, -0.2) is 20.4 Å². The van der Waals surface area contributed by atoms with Gasteiger partial charge >= 0.3 is 0 Å². The number of aryl methyl sites for hydroxylation is 2. The Morgan fingerprint density at radius 2 is 1.86 bits per heavy atom. The lowest BCUT2D eigenvalue weighted by Gasteiger charge is -2.11. The molecule has 0 fully saturated rings. The third-order valence-electron chi connectivity index (χ3n) is 3.12. The molecule has 112 valence electrons. The van der Waals surface area contributed by atoms with Crippen LogP contribution in [0.2, 0.25) is 5.02 Å². The van der Waals surface area contributed by atoms with Crippen LogP contribution in [0.25, 0.3) is 0 Å². The van der Waals surface area contributed by atoms with Crippen molar-refractivity contribution in [1.82, 2.24) is 4.98 Å². The van der Waals surface area contributed by atoms with Crippen molar-refractivity contribution in [3.63, 3.8) is 0 Å². The van der Waals surface area contributed by atoms with Crippen LogP contribution in [0.1, 0.15) is 11.1 Å². The van der Waals surface area contributed by atoms with Gasteiger partial charge in [0, 0.05) is 18.9 Å². The number of hydrogen-bond donors (Lipinski definition) is 2. The van der Waals surface area contributed by atoms with E-state index in [4.69, 9.17) is 11.6 Å². The SMILES string of the molecule is CNc1ncc(S(=O)(=O)Nc2ccc(C)c(C)c2)cc1Cl. The van der Waals surface area contributed by atoms with Gasteiger partial charge in [0.1, 0.15) is 10.7 Å². The second kappa shape index (κ2) is 5.91. The summed E-state index contributed by atoms with van der Waals surface area (Å²) in [6.07, 6.45) is 1.26. The number of benzene rings is 1. The van der Waals surface area contributed by atoms with Crippen LogP contribution in [0.3, 0.4) is 0 Å². The highest BCUT2D eigenvalue weighted by Crippen LogP contribution is 2.24. The van der Waals surface area contributed by atoms with Gasteiger partial charge in [0.2, 0.25) is 0 Å². The normalized spacial score (nSPS) is 11.2. The first-order chi connectivity index (χ1) is 9.83. The summed E-state index contributed by atoms with van der Waals surface area (Å²) in [5, 5.41) is 3.03. The molecule has 0 amide bonds. The molecule has 7 heteroatoms. The minimum atomic E-state index is -3.72.